The summed E-state index contributed by atoms with van der Waals surface area (Å²) in [5.41, 5.74) is -1.06. The molecule has 3 aliphatic heterocycles. The van der Waals surface area contributed by atoms with Gasteiger partial charge in [-0.05, 0) is 13.3 Å². The van der Waals surface area contributed by atoms with Crippen LogP contribution in [0.3, 0.4) is 0 Å². The lowest BCUT2D eigenvalue weighted by atomic mass is 9.78. The quantitative estimate of drug-likeness (QED) is 0.712. The minimum absolute atomic E-state index is 0.0454. The molecule has 0 radical (unpaired) electrons. The first-order valence-electron chi connectivity index (χ1n) is 8.98. The molecule has 0 aromatic rings. The molecule has 0 amide bonds. The van der Waals surface area contributed by atoms with Gasteiger partial charge in [-0.3, -0.25) is 14.4 Å². The molecule has 3 rings (SSSR count). The molecule has 0 unspecified atom stereocenters. The van der Waals surface area contributed by atoms with Crippen LogP contribution in [-0.4, -0.2) is 35.5 Å². The summed E-state index contributed by atoms with van der Waals surface area (Å²) in [6, 6.07) is 0. The topological polar surface area (TPSA) is 78.9 Å². The molecule has 6 heteroatoms. The second-order valence-corrected chi connectivity index (χ2v) is 8.06. The van der Waals surface area contributed by atoms with Gasteiger partial charge in [0.25, 0.3) is 0 Å². The summed E-state index contributed by atoms with van der Waals surface area (Å²) in [5, 5.41) is 0. The Morgan fingerprint density at radius 2 is 2.00 bits per heavy atom. The number of esters is 2. The lowest BCUT2D eigenvalue weighted by Gasteiger charge is -2.33. The third kappa shape index (κ3) is 3.07. The van der Waals surface area contributed by atoms with Crippen LogP contribution in [0.4, 0.5) is 0 Å². The Morgan fingerprint density at radius 1 is 1.32 bits per heavy atom. The maximum absolute atomic E-state index is 12.5. The summed E-state index contributed by atoms with van der Waals surface area (Å²) in [6.45, 7) is 9.00. The van der Waals surface area contributed by atoms with Crippen LogP contribution >= 0.6 is 0 Å². The zero-order chi connectivity index (χ0) is 18.5. The number of rotatable bonds is 2. The Bertz CT molecular complexity index is 636. The van der Waals surface area contributed by atoms with Gasteiger partial charge in [0.15, 0.2) is 5.60 Å². The number of ketones is 1. The summed E-state index contributed by atoms with van der Waals surface area (Å²) in [4.78, 5) is 36.9. The molecule has 3 aliphatic rings. The number of hydrogen-bond donors (Lipinski definition) is 0. The number of carbonyl (C=O) groups is 3. The van der Waals surface area contributed by atoms with Crippen molar-refractivity contribution < 1.29 is 28.6 Å². The predicted molar refractivity (Wildman–Crippen MR) is 88.2 cm³/mol. The summed E-state index contributed by atoms with van der Waals surface area (Å²) in [5.74, 6) is -1.10. The van der Waals surface area contributed by atoms with E-state index in [4.69, 9.17) is 14.2 Å². The van der Waals surface area contributed by atoms with Crippen LogP contribution in [0.5, 0.6) is 0 Å². The number of allylic oxidation sites excluding steroid dienone is 1. The Labute approximate surface area is 147 Å². The van der Waals surface area contributed by atoms with Crippen molar-refractivity contribution in [1.82, 2.24) is 0 Å². The number of fused-ring (bicyclic) bond motifs is 3. The van der Waals surface area contributed by atoms with Gasteiger partial charge in [0.2, 0.25) is 5.78 Å². The third-order valence-electron chi connectivity index (χ3n) is 5.61. The van der Waals surface area contributed by atoms with Crippen LogP contribution in [-0.2, 0) is 28.6 Å². The molecule has 138 valence electrons. The van der Waals surface area contributed by atoms with Gasteiger partial charge in [0, 0.05) is 24.3 Å². The molecule has 2 saturated heterocycles. The molecule has 0 N–H and O–H groups in total. The van der Waals surface area contributed by atoms with Crippen LogP contribution in [0, 0.1) is 23.7 Å². The third-order valence-corrected chi connectivity index (χ3v) is 5.61. The van der Waals surface area contributed by atoms with Crippen molar-refractivity contribution in [2.45, 2.75) is 65.3 Å². The lowest BCUT2D eigenvalue weighted by molar-refractivity contribution is -0.162. The van der Waals surface area contributed by atoms with Crippen LogP contribution in [0.2, 0.25) is 0 Å². The van der Waals surface area contributed by atoms with E-state index in [2.05, 4.69) is 0 Å². The molecule has 0 aliphatic carbocycles. The molecule has 6 atom stereocenters. The molecule has 0 aromatic carbocycles. The van der Waals surface area contributed by atoms with Crippen LogP contribution in [0.1, 0.15) is 47.5 Å². The minimum atomic E-state index is -1.06. The Balaban J connectivity index is 1.99. The van der Waals surface area contributed by atoms with Gasteiger partial charge < -0.3 is 14.2 Å². The number of ether oxygens (including phenoxy) is 3. The van der Waals surface area contributed by atoms with E-state index in [1.807, 2.05) is 6.92 Å². The first-order chi connectivity index (χ1) is 11.6. The number of hydrogen-bond acceptors (Lipinski definition) is 6. The van der Waals surface area contributed by atoms with Crippen molar-refractivity contribution in [2.24, 2.45) is 23.7 Å². The average molecular weight is 350 g/mol. The van der Waals surface area contributed by atoms with Gasteiger partial charge in [-0.2, -0.15) is 0 Å². The molecular weight excluding hydrogens is 324 g/mol. The van der Waals surface area contributed by atoms with Crippen molar-refractivity contribution in [1.29, 1.82) is 0 Å². The van der Waals surface area contributed by atoms with Gasteiger partial charge in [0.1, 0.15) is 18.0 Å². The van der Waals surface area contributed by atoms with Crippen molar-refractivity contribution in [3.8, 4) is 0 Å². The van der Waals surface area contributed by atoms with E-state index in [0.717, 1.165) is 0 Å². The molecule has 25 heavy (non-hydrogen) atoms. The van der Waals surface area contributed by atoms with Gasteiger partial charge >= 0.3 is 11.9 Å². The van der Waals surface area contributed by atoms with Crippen molar-refractivity contribution in [3.63, 3.8) is 0 Å². The molecular formula is C19H26O6. The molecule has 6 nitrogen and oxygen atoms in total. The average Bonchev–Trinajstić information content (AvgIpc) is 2.96. The smallest absolute Gasteiger partial charge is 0.309 e. The van der Waals surface area contributed by atoms with Gasteiger partial charge in [-0.15, -0.1) is 0 Å². The van der Waals surface area contributed by atoms with Crippen LogP contribution in [0.15, 0.2) is 11.8 Å². The van der Waals surface area contributed by atoms with E-state index in [0.29, 0.717) is 12.2 Å². The van der Waals surface area contributed by atoms with Crippen LogP contribution < -0.4 is 0 Å². The zero-order valence-corrected chi connectivity index (χ0v) is 15.4. The highest BCUT2D eigenvalue weighted by molar-refractivity contribution is 5.99. The summed E-state index contributed by atoms with van der Waals surface area (Å²) >= 11 is 0. The first-order valence-corrected chi connectivity index (χ1v) is 8.98. The fraction of sp³-hybridized carbons (Fsp3) is 0.737. The normalized spacial score (nSPS) is 40.4. The van der Waals surface area contributed by atoms with Crippen molar-refractivity contribution in [2.75, 3.05) is 0 Å². The second-order valence-electron chi connectivity index (χ2n) is 8.06. The second kappa shape index (κ2) is 6.15. The standard InChI is InChI=1S/C19H26O6/c1-9(2)17(21)24-14-8-19(5)15(20)7-12(25-19)10(3)6-13-16(14)11(4)18(22)23-13/h7,9-11,13-14,16H,6,8H2,1-5H3/t10-,11-,13-,14-,16+,19-/m1/s1. The Kier molecular flexibility index (Phi) is 4.41. The largest absolute Gasteiger partial charge is 0.483 e. The van der Waals surface area contributed by atoms with Crippen molar-refractivity contribution >= 4 is 17.7 Å². The van der Waals surface area contributed by atoms with E-state index in [1.165, 1.54) is 6.08 Å². The maximum Gasteiger partial charge on any atom is 0.309 e. The highest BCUT2D eigenvalue weighted by Crippen LogP contribution is 2.45. The fourth-order valence-corrected chi connectivity index (χ4v) is 3.98. The molecule has 0 aromatic heterocycles. The summed E-state index contributed by atoms with van der Waals surface area (Å²) in [7, 11) is 0. The Morgan fingerprint density at radius 3 is 2.64 bits per heavy atom. The van der Waals surface area contributed by atoms with Gasteiger partial charge in [-0.1, -0.05) is 27.7 Å². The monoisotopic (exact) mass is 350 g/mol. The van der Waals surface area contributed by atoms with Crippen molar-refractivity contribution in [3.05, 3.63) is 11.8 Å². The molecule has 3 heterocycles. The summed E-state index contributed by atoms with van der Waals surface area (Å²) < 4.78 is 17.3. The zero-order valence-electron chi connectivity index (χ0n) is 15.4. The highest BCUT2D eigenvalue weighted by Gasteiger charge is 2.54. The molecule has 2 fully saturated rings. The SMILES string of the molecule is CC(C)C(=O)O[C@@H]1C[C@@]2(C)OC(=CC2=O)[C@H](C)C[C@H]2OC(=O)[C@H](C)[C@H]12. The van der Waals surface area contributed by atoms with E-state index in [1.54, 1.807) is 27.7 Å². The number of carbonyl (C=O) groups excluding carboxylic acids is 3. The van der Waals surface area contributed by atoms with E-state index >= 15 is 0 Å². The predicted octanol–water partition coefficient (Wildman–Crippen LogP) is 2.40. The molecule has 2 bridgehead atoms. The van der Waals surface area contributed by atoms with Gasteiger partial charge in [0.05, 0.1) is 11.8 Å². The minimum Gasteiger partial charge on any atom is -0.483 e. The molecule has 0 saturated carbocycles. The molecule has 0 spiro atoms. The first kappa shape index (κ1) is 18.0. The summed E-state index contributed by atoms with van der Waals surface area (Å²) in [6.07, 6.45) is 1.36. The fourth-order valence-electron chi connectivity index (χ4n) is 3.98. The van der Waals surface area contributed by atoms with Crippen LogP contribution in [0.25, 0.3) is 0 Å². The van der Waals surface area contributed by atoms with E-state index in [9.17, 15) is 14.4 Å². The lowest BCUT2D eigenvalue weighted by Crippen LogP contribution is -2.44. The Hall–Kier alpha value is -1.85. The van der Waals surface area contributed by atoms with E-state index < -0.39 is 11.7 Å². The van der Waals surface area contributed by atoms with E-state index in [-0.39, 0.29) is 53.9 Å². The van der Waals surface area contributed by atoms with Gasteiger partial charge in [-0.25, -0.2) is 0 Å². The highest BCUT2D eigenvalue weighted by atomic mass is 16.6. The maximum atomic E-state index is 12.5.